The SMILES string of the molecule is CC(=O)Nc1cc(S(=O)(=O)c2ccc(C(C)=O)cc2)ccc1N. The van der Waals surface area contributed by atoms with Gasteiger partial charge in [0.05, 0.1) is 21.2 Å². The van der Waals surface area contributed by atoms with Crippen LogP contribution in [0.25, 0.3) is 0 Å². The number of rotatable bonds is 4. The fraction of sp³-hybridized carbons (Fsp3) is 0.125. The topological polar surface area (TPSA) is 106 Å². The van der Waals surface area contributed by atoms with E-state index >= 15 is 0 Å². The number of ketones is 1. The zero-order valence-corrected chi connectivity index (χ0v) is 13.5. The summed E-state index contributed by atoms with van der Waals surface area (Å²) in [5.74, 6) is -0.494. The monoisotopic (exact) mass is 332 g/mol. The molecule has 7 heteroatoms. The molecule has 0 saturated heterocycles. The highest BCUT2D eigenvalue weighted by Gasteiger charge is 2.19. The van der Waals surface area contributed by atoms with Crippen LogP contribution in [0.4, 0.5) is 11.4 Å². The van der Waals surface area contributed by atoms with Crippen LogP contribution in [0.2, 0.25) is 0 Å². The zero-order chi connectivity index (χ0) is 17.2. The Hall–Kier alpha value is -2.67. The molecule has 0 bridgehead atoms. The molecule has 0 aliphatic carbocycles. The molecule has 0 aliphatic heterocycles. The van der Waals surface area contributed by atoms with Gasteiger partial charge in [-0.2, -0.15) is 0 Å². The summed E-state index contributed by atoms with van der Waals surface area (Å²) in [6.07, 6.45) is 0. The number of sulfone groups is 1. The first kappa shape index (κ1) is 16.7. The number of hydrogen-bond donors (Lipinski definition) is 2. The first-order chi connectivity index (χ1) is 10.7. The Bertz CT molecular complexity index is 871. The van der Waals surface area contributed by atoms with E-state index < -0.39 is 9.84 Å². The van der Waals surface area contributed by atoms with E-state index in [1.807, 2.05) is 0 Å². The van der Waals surface area contributed by atoms with Gasteiger partial charge in [0, 0.05) is 12.5 Å². The maximum atomic E-state index is 12.6. The van der Waals surface area contributed by atoms with Gasteiger partial charge in [-0.05, 0) is 37.3 Å². The normalized spacial score (nSPS) is 11.0. The fourth-order valence-electron chi connectivity index (χ4n) is 2.01. The molecule has 1 amide bonds. The average molecular weight is 332 g/mol. The number of nitrogens with two attached hydrogens (primary N) is 1. The van der Waals surface area contributed by atoms with Gasteiger partial charge >= 0.3 is 0 Å². The van der Waals surface area contributed by atoms with E-state index in [1.54, 1.807) is 0 Å². The molecule has 120 valence electrons. The van der Waals surface area contributed by atoms with Crippen LogP contribution in [0.1, 0.15) is 24.2 Å². The number of nitrogens with one attached hydrogen (secondary N) is 1. The minimum atomic E-state index is -3.77. The van der Waals surface area contributed by atoms with Crippen molar-refractivity contribution in [1.29, 1.82) is 0 Å². The number of anilines is 2. The molecule has 0 spiro atoms. The van der Waals surface area contributed by atoms with Crippen molar-refractivity contribution in [2.75, 3.05) is 11.1 Å². The largest absolute Gasteiger partial charge is 0.397 e. The van der Waals surface area contributed by atoms with Crippen molar-refractivity contribution in [1.82, 2.24) is 0 Å². The Morgan fingerprint density at radius 3 is 2.04 bits per heavy atom. The minimum Gasteiger partial charge on any atom is -0.397 e. The summed E-state index contributed by atoms with van der Waals surface area (Å²) in [4.78, 5) is 22.5. The lowest BCUT2D eigenvalue weighted by atomic mass is 10.2. The molecule has 0 aromatic heterocycles. The standard InChI is InChI=1S/C16H16N2O4S/c1-10(19)12-3-5-13(6-4-12)23(21,22)14-7-8-15(17)16(9-14)18-11(2)20/h3-9H,17H2,1-2H3,(H,18,20). The summed E-state index contributed by atoms with van der Waals surface area (Å²) in [6, 6.07) is 9.77. The molecule has 0 aliphatic rings. The predicted octanol–water partition coefficient (Wildman–Crippen LogP) is 2.26. The lowest BCUT2D eigenvalue weighted by Crippen LogP contribution is -2.10. The van der Waals surface area contributed by atoms with Crippen molar-refractivity contribution < 1.29 is 18.0 Å². The van der Waals surface area contributed by atoms with Crippen molar-refractivity contribution in [2.24, 2.45) is 0 Å². The maximum absolute atomic E-state index is 12.6. The number of carbonyl (C=O) groups excluding carboxylic acids is 2. The second-order valence-electron chi connectivity index (χ2n) is 5.01. The van der Waals surface area contributed by atoms with E-state index in [0.29, 0.717) is 5.56 Å². The molecule has 2 rings (SSSR count). The molecular formula is C16H16N2O4S. The van der Waals surface area contributed by atoms with Crippen LogP contribution in [0.3, 0.4) is 0 Å². The van der Waals surface area contributed by atoms with Crippen LogP contribution in [0.15, 0.2) is 52.3 Å². The summed E-state index contributed by atoms with van der Waals surface area (Å²) < 4.78 is 25.3. The third-order valence-corrected chi connectivity index (χ3v) is 4.98. The summed E-state index contributed by atoms with van der Waals surface area (Å²) in [5, 5.41) is 2.49. The third kappa shape index (κ3) is 3.57. The van der Waals surface area contributed by atoms with Crippen molar-refractivity contribution in [3.05, 3.63) is 48.0 Å². The van der Waals surface area contributed by atoms with Gasteiger partial charge < -0.3 is 11.1 Å². The minimum absolute atomic E-state index is 0.00558. The Morgan fingerprint density at radius 2 is 1.52 bits per heavy atom. The Balaban J connectivity index is 2.47. The number of amides is 1. The van der Waals surface area contributed by atoms with Gasteiger partial charge in [0.1, 0.15) is 0 Å². The lowest BCUT2D eigenvalue weighted by molar-refractivity contribution is -0.114. The quantitative estimate of drug-likeness (QED) is 0.660. The predicted molar refractivity (Wildman–Crippen MR) is 87.1 cm³/mol. The van der Waals surface area contributed by atoms with E-state index in [-0.39, 0.29) is 32.9 Å². The Kier molecular flexibility index (Phi) is 4.51. The molecule has 23 heavy (non-hydrogen) atoms. The number of benzene rings is 2. The van der Waals surface area contributed by atoms with Crippen LogP contribution in [-0.4, -0.2) is 20.1 Å². The molecule has 6 nitrogen and oxygen atoms in total. The molecule has 0 heterocycles. The van der Waals surface area contributed by atoms with Gasteiger partial charge in [-0.1, -0.05) is 12.1 Å². The second kappa shape index (κ2) is 6.21. The van der Waals surface area contributed by atoms with Gasteiger partial charge in [-0.3, -0.25) is 9.59 Å². The highest BCUT2D eigenvalue weighted by molar-refractivity contribution is 7.91. The molecule has 0 fully saturated rings. The maximum Gasteiger partial charge on any atom is 0.221 e. The van der Waals surface area contributed by atoms with E-state index in [1.165, 1.54) is 56.3 Å². The van der Waals surface area contributed by atoms with Gasteiger partial charge in [-0.15, -0.1) is 0 Å². The summed E-state index contributed by atoms with van der Waals surface area (Å²) >= 11 is 0. The fourth-order valence-corrected chi connectivity index (χ4v) is 3.29. The lowest BCUT2D eigenvalue weighted by Gasteiger charge is -2.10. The van der Waals surface area contributed by atoms with Crippen LogP contribution in [-0.2, 0) is 14.6 Å². The Labute approximate surface area is 134 Å². The Morgan fingerprint density at radius 1 is 0.957 bits per heavy atom. The summed E-state index contributed by atoms with van der Waals surface area (Å²) in [5.41, 5.74) is 6.66. The first-order valence-corrected chi connectivity index (χ1v) is 8.23. The van der Waals surface area contributed by atoms with E-state index in [4.69, 9.17) is 5.73 Å². The smallest absolute Gasteiger partial charge is 0.221 e. The van der Waals surface area contributed by atoms with Gasteiger partial charge in [0.2, 0.25) is 15.7 Å². The zero-order valence-electron chi connectivity index (χ0n) is 12.7. The molecule has 0 atom stereocenters. The van der Waals surface area contributed by atoms with Gasteiger partial charge in [0.15, 0.2) is 5.78 Å². The van der Waals surface area contributed by atoms with Crippen molar-refractivity contribution in [3.8, 4) is 0 Å². The summed E-state index contributed by atoms with van der Waals surface area (Å²) in [6.45, 7) is 2.71. The third-order valence-electron chi connectivity index (χ3n) is 3.22. The molecule has 3 N–H and O–H groups in total. The highest BCUT2D eigenvalue weighted by Crippen LogP contribution is 2.27. The first-order valence-electron chi connectivity index (χ1n) is 6.75. The van der Waals surface area contributed by atoms with E-state index in [0.717, 1.165) is 0 Å². The van der Waals surface area contributed by atoms with Gasteiger partial charge in [0.25, 0.3) is 0 Å². The molecule has 2 aromatic carbocycles. The van der Waals surface area contributed by atoms with Crippen molar-refractivity contribution in [3.63, 3.8) is 0 Å². The van der Waals surface area contributed by atoms with E-state index in [2.05, 4.69) is 5.32 Å². The number of hydrogen-bond acceptors (Lipinski definition) is 5. The van der Waals surface area contributed by atoms with Crippen LogP contribution in [0, 0.1) is 0 Å². The average Bonchev–Trinajstić information content (AvgIpc) is 2.49. The van der Waals surface area contributed by atoms with Gasteiger partial charge in [-0.25, -0.2) is 8.42 Å². The summed E-state index contributed by atoms with van der Waals surface area (Å²) in [7, 11) is -3.77. The van der Waals surface area contributed by atoms with Crippen LogP contribution >= 0.6 is 0 Å². The van der Waals surface area contributed by atoms with Crippen LogP contribution in [0.5, 0.6) is 0 Å². The van der Waals surface area contributed by atoms with Crippen LogP contribution < -0.4 is 11.1 Å². The second-order valence-corrected chi connectivity index (χ2v) is 6.96. The number of nitrogen functional groups attached to an aromatic ring is 1. The molecule has 2 aromatic rings. The molecule has 0 saturated carbocycles. The molecule has 0 unspecified atom stereocenters. The highest BCUT2D eigenvalue weighted by atomic mass is 32.2. The molecular weight excluding hydrogens is 316 g/mol. The number of Topliss-reactive ketones (excluding diaryl/α,β-unsaturated/α-hetero) is 1. The van der Waals surface area contributed by atoms with Crippen molar-refractivity contribution >= 4 is 32.9 Å². The number of carbonyl (C=O) groups is 2. The van der Waals surface area contributed by atoms with E-state index in [9.17, 15) is 18.0 Å². The molecule has 0 radical (unpaired) electrons. The van der Waals surface area contributed by atoms with Crippen molar-refractivity contribution in [2.45, 2.75) is 23.6 Å².